The van der Waals surface area contributed by atoms with Gasteiger partial charge in [0.1, 0.15) is 29.0 Å². The predicted molar refractivity (Wildman–Crippen MR) is 95.6 cm³/mol. The molecule has 0 atom stereocenters. The van der Waals surface area contributed by atoms with Crippen molar-refractivity contribution in [2.75, 3.05) is 0 Å². The molecule has 1 N–H and O–H groups in total. The number of Topliss-reactive ketones (excluding diaryl/α,β-unsaturated/α-hetero) is 1. The summed E-state index contributed by atoms with van der Waals surface area (Å²) >= 11 is 0. The third-order valence-electron chi connectivity index (χ3n) is 4.04. The minimum absolute atomic E-state index is 0.0860. The molecule has 0 amide bonds. The van der Waals surface area contributed by atoms with Crippen molar-refractivity contribution < 1.29 is 10.0 Å². The lowest BCUT2D eigenvalue weighted by Gasteiger charge is -2.25. The first-order valence-corrected chi connectivity index (χ1v) is 7.97. The topological polar surface area (TPSA) is 89.0 Å². The summed E-state index contributed by atoms with van der Waals surface area (Å²) in [6, 6.07) is 7.55. The highest BCUT2D eigenvalue weighted by Gasteiger charge is 2.24. The van der Waals surface area contributed by atoms with Crippen LogP contribution >= 0.6 is 0 Å². The Morgan fingerprint density at radius 2 is 1.88 bits per heavy atom. The Labute approximate surface area is 144 Å². The zero-order valence-corrected chi connectivity index (χ0v) is 14.6. The van der Waals surface area contributed by atoms with Gasteiger partial charge in [-0.1, -0.05) is 17.3 Å². The van der Waals surface area contributed by atoms with E-state index in [1.54, 1.807) is 8.97 Å². The van der Waals surface area contributed by atoms with E-state index in [9.17, 15) is 14.8 Å². The maximum atomic E-state index is 13.3. The average Bonchev–Trinajstić information content (AvgIpc) is 2.97. The number of hydrogen-bond acceptors (Lipinski definition) is 5. The maximum Gasteiger partial charge on any atom is 0.278 e. The number of para-hydroxylation sites is 2. The first-order chi connectivity index (χ1) is 11.8. The summed E-state index contributed by atoms with van der Waals surface area (Å²) in [4.78, 5) is 29.0. The summed E-state index contributed by atoms with van der Waals surface area (Å²) in [5, 5.41) is 12.5. The van der Waals surface area contributed by atoms with Crippen LogP contribution in [0.2, 0.25) is 0 Å². The molecule has 0 bridgehead atoms. The third kappa shape index (κ3) is 2.71. The fraction of sp³-hybridized carbons (Fsp3) is 0.333. The molecule has 3 rings (SSSR count). The summed E-state index contributed by atoms with van der Waals surface area (Å²) in [6.07, 6.45) is 1.43. The van der Waals surface area contributed by atoms with Crippen LogP contribution in [0.5, 0.6) is 0 Å². The monoisotopic (exact) mass is 340 g/mol. The van der Waals surface area contributed by atoms with Crippen LogP contribution < -0.4 is 5.56 Å². The molecule has 2 heterocycles. The lowest BCUT2D eigenvalue weighted by atomic mass is 10.1. The fourth-order valence-electron chi connectivity index (χ4n) is 3.09. The SMILES string of the molecule is CC(=O)CC(=NO)c1ncn2c1c(=O)n(C(C)(C)C)c1ccccc12. The molecule has 3 aromatic rings. The van der Waals surface area contributed by atoms with Crippen molar-refractivity contribution in [2.45, 2.75) is 39.7 Å². The van der Waals surface area contributed by atoms with E-state index >= 15 is 0 Å². The third-order valence-corrected chi connectivity index (χ3v) is 4.04. The van der Waals surface area contributed by atoms with Gasteiger partial charge in [0.15, 0.2) is 0 Å². The normalized spacial score (nSPS) is 12.9. The van der Waals surface area contributed by atoms with E-state index in [4.69, 9.17) is 0 Å². The van der Waals surface area contributed by atoms with Crippen LogP contribution in [0.25, 0.3) is 16.6 Å². The zero-order valence-electron chi connectivity index (χ0n) is 14.6. The van der Waals surface area contributed by atoms with Gasteiger partial charge >= 0.3 is 0 Å². The largest absolute Gasteiger partial charge is 0.411 e. The number of ketones is 1. The summed E-state index contributed by atoms with van der Waals surface area (Å²) in [5.41, 5.74) is 1.49. The van der Waals surface area contributed by atoms with Crippen molar-refractivity contribution in [2.24, 2.45) is 5.16 Å². The van der Waals surface area contributed by atoms with Crippen molar-refractivity contribution >= 4 is 28.0 Å². The smallest absolute Gasteiger partial charge is 0.278 e. The Morgan fingerprint density at radius 3 is 2.44 bits per heavy atom. The van der Waals surface area contributed by atoms with Gasteiger partial charge in [0.2, 0.25) is 0 Å². The number of carbonyl (C=O) groups is 1. The summed E-state index contributed by atoms with van der Waals surface area (Å²) < 4.78 is 3.38. The van der Waals surface area contributed by atoms with E-state index in [1.165, 1.54) is 13.3 Å². The van der Waals surface area contributed by atoms with Crippen molar-refractivity contribution in [3.05, 3.63) is 46.6 Å². The van der Waals surface area contributed by atoms with E-state index in [0.717, 1.165) is 11.0 Å². The molecule has 130 valence electrons. The van der Waals surface area contributed by atoms with Gasteiger partial charge < -0.3 is 5.21 Å². The molecule has 0 unspecified atom stereocenters. The van der Waals surface area contributed by atoms with E-state index in [-0.39, 0.29) is 29.2 Å². The number of fused-ring (bicyclic) bond motifs is 3. The van der Waals surface area contributed by atoms with Crippen LogP contribution in [-0.4, -0.2) is 30.7 Å². The van der Waals surface area contributed by atoms with Gasteiger partial charge in [0.05, 0.1) is 17.5 Å². The summed E-state index contributed by atoms with van der Waals surface area (Å²) in [7, 11) is 0. The van der Waals surface area contributed by atoms with Crippen LogP contribution in [0.4, 0.5) is 0 Å². The Bertz CT molecular complexity index is 1070. The van der Waals surface area contributed by atoms with Crippen molar-refractivity contribution in [3.8, 4) is 0 Å². The van der Waals surface area contributed by atoms with Crippen LogP contribution in [0.15, 0.2) is 40.5 Å². The minimum atomic E-state index is -0.461. The van der Waals surface area contributed by atoms with Gasteiger partial charge in [-0.2, -0.15) is 0 Å². The van der Waals surface area contributed by atoms with Crippen LogP contribution in [0.3, 0.4) is 0 Å². The lowest BCUT2D eigenvalue weighted by Crippen LogP contribution is -2.35. The molecule has 7 nitrogen and oxygen atoms in total. The van der Waals surface area contributed by atoms with E-state index in [1.807, 2.05) is 45.0 Å². The van der Waals surface area contributed by atoms with Gasteiger partial charge in [-0.15, -0.1) is 0 Å². The molecular weight excluding hydrogens is 320 g/mol. The maximum absolute atomic E-state index is 13.3. The van der Waals surface area contributed by atoms with Crippen LogP contribution in [0, 0.1) is 0 Å². The first-order valence-electron chi connectivity index (χ1n) is 7.97. The number of rotatable bonds is 3. The van der Waals surface area contributed by atoms with Gasteiger partial charge in [-0.25, -0.2) is 4.98 Å². The highest BCUT2D eigenvalue weighted by Crippen LogP contribution is 2.23. The molecule has 0 saturated heterocycles. The Balaban J connectivity index is 2.49. The van der Waals surface area contributed by atoms with Crippen molar-refractivity contribution in [1.82, 2.24) is 14.0 Å². The molecule has 7 heteroatoms. The molecule has 0 radical (unpaired) electrons. The number of benzene rings is 1. The standard InChI is InChI=1S/C18H20N4O3/c1-11(23)9-12(20-25)15-16-17(24)22(18(2,3)4)14-8-6-5-7-13(14)21(16)10-19-15/h5-8,10,25H,9H2,1-4H3. The number of oxime groups is 1. The highest BCUT2D eigenvalue weighted by molar-refractivity contribution is 6.12. The van der Waals surface area contributed by atoms with E-state index in [2.05, 4.69) is 10.1 Å². The highest BCUT2D eigenvalue weighted by atomic mass is 16.4. The van der Waals surface area contributed by atoms with Crippen molar-refractivity contribution in [1.29, 1.82) is 0 Å². The van der Waals surface area contributed by atoms with Crippen LogP contribution in [0.1, 0.15) is 39.8 Å². The Morgan fingerprint density at radius 1 is 1.24 bits per heavy atom. The van der Waals surface area contributed by atoms with Gasteiger partial charge in [-0.05, 0) is 39.8 Å². The first kappa shape index (κ1) is 16.9. The number of carbonyl (C=O) groups excluding carboxylic acids is 1. The second-order valence-electron chi connectivity index (χ2n) is 7.04. The molecule has 25 heavy (non-hydrogen) atoms. The lowest BCUT2D eigenvalue weighted by molar-refractivity contribution is -0.115. The number of hydrogen-bond donors (Lipinski definition) is 1. The zero-order chi connectivity index (χ0) is 18.4. The summed E-state index contributed by atoms with van der Waals surface area (Å²) in [6.45, 7) is 7.24. The van der Waals surface area contributed by atoms with E-state index < -0.39 is 5.54 Å². The predicted octanol–water partition coefficient (Wildman–Crippen LogP) is 2.56. The fourth-order valence-corrected chi connectivity index (χ4v) is 3.09. The minimum Gasteiger partial charge on any atom is -0.411 e. The van der Waals surface area contributed by atoms with E-state index in [0.29, 0.717) is 5.52 Å². The molecule has 0 spiro atoms. The Kier molecular flexibility index (Phi) is 3.94. The molecule has 0 fully saturated rings. The molecule has 0 aliphatic heterocycles. The molecular formula is C18H20N4O3. The molecule has 0 saturated carbocycles. The van der Waals surface area contributed by atoms with Gasteiger partial charge in [-0.3, -0.25) is 18.6 Å². The number of nitrogens with zero attached hydrogens (tertiary/aromatic N) is 4. The van der Waals surface area contributed by atoms with Gasteiger partial charge in [0, 0.05) is 5.54 Å². The van der Waals surface area contributed by atoms with Crippen molar-refractivity contribution in [3.63, 3.8) is 0 Å². The summed E-state index contributed by atoms with van der Waals surface area (Å²) in [5.74, 6) is -0.175. The van der Waals surface area contributed by atoms with Crippen LogP contribution in [-0.2, 0) is 10.3 Å². The number of aromatic nitrogens is 3. The second kappa shape index (κ2) is 5.84. The molecule has 2 aromatic heterocycles. The Hall–Kier alpha value is -2.96. The number of imidazole rings is 1. The molecule has 0 aliphatic rings. The second-order valence-corrected chi connectivity index (χ2v) is 7.04. The molecule has 0 aliphatic carbocycles. The quantitative estimate of drug-likeness (QED) is 0.451. The average molecular weight is 340 g/mol. The molecule has 1 aromatic carbocycles. The van der Waals surface area contributed by atoms with Gasteiger partial charge in [0.25, 0.3) is 5.56 Å².